The van der Waals surface area contributed by atoms with Crippen LogP contribution in [0.15, 0.2) is 60.0 Å². The van der Waals surface area contributed by atoms with Gasteiger partial charge < -0.3 is 9.47 Å². The maximum atomic E-state index is 14.0. The summed E-state index contributed by atoms with van der Waals surface area (Å²) in [5.41, 5.74) is 2.50. The van der Waals surface area contributed by atoms with E-state index in [9.17, 15) is 4.39 Å². The SMILES string of the molecule is COc1ccc(COc2cc(Cl)nc(-c3csc4c(F)cccc34)c2)cc1. The predicted octanol–water partition coefficient (Wildman–Crippen LogP) is 6.34. The summed E-state index contributed by atoms with van der Waals surface area (Å²) in [4.78, 5) is 4.39. The smallest absolute Gasteiger partial charge is 0.141 e. The highest BCUT2D eigenvalue weighted by atomic mass is 35.5. The first-order chi connectivity index (χ1) is 13.1. The largest absolute Gasteiger partial charge is 0.497 e. The first-order valence-electron chi connectivity index (χ1n) is 8.23. The first kappa shape index (κ1) is 17.8. The molecule has 0 N–H and O–H groups in total. The van der Waals surface area contributed by atoms with Crippen molar-refractivity contribution in [2.75, 3.05) is 7.11 Å². The fourth-order valence-corrected chi connectivity index (χ4v) is 3.97. The lowest BCUT2D eigenvalue weighted by Crippen LogP contribution is -1.97. The Morgan fingerprint density at radius 3 is 2.67 bits per heavy atom. The maximum absolute atomic E-state index is 14.0. The van der Waals surface area contributed by atoms with Crippen LogP contribution in [0.1, 0.15) is 5.56 Å². The highest BCUT2D eigenvalue weighted by molar-refractivity contribution is 7.17. The number of rotatable bonds is 5. The molecule has 2 heterocycles. The van der Waals surface area contributed by atoms with Gasteiger partial charge in [0.15, 0.2) is 0 Å². The van der Waals surface area contributed by atoms with Crippen molar-refractivity contribution in [3.8, 4) is 22.8 Å². The summed E-state index contributed by atoms with van der Waals surface area (Å²) in [5.74, 6) is 1.17. The number of ether oxygens (including phenoxy) is 2. The van der Waals surface area contributed by atoms with Crippen LogP contribution < -0.4 is 9.47 Å². The van der Waals surface area contributed by atoms with Crippen molar-refractivity contribution in [3.05, 3.63) is 76.5 Å². The van der Waals surface area contributed by atoms with Crippen LogP contribution in [0.5, 0.6) is 11.5 Å². The molecule has 27 heavy (non-hydrogen) atoms. The molecule has 0 aliphatic heterocycles. The fraction of sp³-hybridized carbons (Fsp3) is 0.0952. The van der Waals surface area contributed by atoms with E-state index in [1.54, 1.807) is 19.2 Å². The number of benzene rings is 2. The van der Waals surface area contributed by atoms with Gasteiger partial charge in [-0.15, -0.1) is 11.3 Å². The zero-order valence-corrected chi connectivity index (χ0v) is 16.0. The highest BCUT2D eigenvalue weighted by Crippen LogP contribution is 2.36. The minimum Gasteiger partial charge on any atom is -0.497 e. The molecule has 136 valence electrons. The van der Waals surface area contributed by atoms with Crippen LogP contribution in [-0.4, -0.2) is 12.1 Å². The van der Waals surface area contributed by atoms with Crippen molar-refractivity contribution in [2.45, 2.75) is 6.61 Å². The van der Waals surface area contributed by atoms with Gasteiger partial charge in [-0.1, -0.05) is 35.9 Å². The van der Waals surface area contributed by atoms with Crippen molar-refractivity contribution in [1.82, 2.24) is 4.98 Å². The second kappa shape index (κ2) is 7.55. The second-order valence-electron chi connectivity index (χ2n) is 5.91. The number of methoxy groups -OCH3 is 1. The van der Waals surface area contributed by atoms with Gasteiger partial charge in [-0.2, -0.15) is 0 Å². The van der Waals surface area contributed by atoms with E-state index in [1.165, 1.54) is 17.4 Å². The lowest BCUT2D eigenvalue weighted by atomic mass is 10.1. The molecular formula is C21H15ClFNO2S. The van der Waals surface area contributed by atoms with E-state index >= 15 is 0 Å². The average Bonchev–Trinajstić information content (AvgIpc) is 3.12. The molecule has 0 spiro atoms. The van der Waals surface area contributed by atoms with Gasteiger partial charge in [0.1, 0.15) is 29.1 Å². The number of thiophene rings is 1. The summed E-state index contributed by atoms with van der Waals surface area (Å²) < 4.78 is 25.6. The van der Waals surface area contributed by atoms with Crippen LogP contribution in [-0.2, 0) is 6.61 Å². The molecule has 3 nitrogen and oxygen atoms in total. The number of hydrogen-bond acceptors (Lipinski definition) is 4. The number of nitrogens with zero attached hydrogens (tertiary/aromatic N) is 1. The number of aromatic nitrogens is 1. The summed E-state index contributed by atoms with van der Waals surface area (Å²) >= 11 is 7.54. The van der Waals surface area contributed by atoms with Crippen molar-refractivity contribution in [3.63, 3.8) is 0 Å². The third kappa shape index (κ3) is 3.75. The molecule has 6 heteroatoms. The molecule has 0 fully saturated rings. The number of fused-ring (bicyclic) bond motifs is 1. The van der Waals surface area contributed by atoms with Gasteiger partial charge in [-0.3, -0.25) is 0 Å². The zero-order valence-electron chi connectivity index (χ0n) is 14.4. The van der Waals surface area contributed by atoms with E-state index in [1.807, 2.05) is 41.8 Å². The van der Waals surface area contributed by atoms with E-state index in [2.05, 4.69) is 4.98 Å². The molecule has 0 bridgehead atoms. The third-order valence-electron chi connectivity index (χ3n) is 4.16. The summed E-state index contributed by atoms with van der Waals surface area (Å²) in [6, 6.07) is 16.2. The van der Waals surface area contributed by atoms with Crippen molar-refractivity contribution in [1.29, 1.82) is 0 Å². The Morgan fingerprint density at radius 1 is 1.07 bits per heavy atom. The summed E-state index contributed by atoms with van der Waals surface area (Å²) in [7, 11) is 1.63. The Balaban J connectivity index is 1.61. The second-order valence-corrected chi connectivity index (χ2v) is 7.18. The number of pyridine rings is 1. The topological polar surface area (TPSA) is 31.4 Å². The van der Waals surface area contributed by atoms with Gasteiger partial charge in [-0.25, -0.2) is 9.37 Å². The Morgan fingerprint density at radius 2 is 1.89 bits per heavy atom. The molecule has 0 aliphatic rings. The summed E-state index contributed by atoms with van der Waals surface area (Å²) in [6.07, 6.45) is 0. The van der Waals surface area contributed by atoms with Gasteiger partial charge in [0, 0.05) is 28.5 Å². The Labute approximate surface area is 165 Å². The average molecular weight is 400 g/mol. The normalized spacial score (nSPS) is 10.9. The maximum Gasteiger partial charge on any atom is 0.141 e. The third-order valence-corrected chi connectivity index (χ3v) is 5.36. The van der Waals surface area contributed by atoms with Gasteiger partial charge >= 0.3 is 0 Å². The van der Waals surface area contributed by atoms with Crippen molar-refractivity contribution in [2.24, 2.45) is 0 Å². The zero-order chi connectivity index (χ0) is 18.8. The minimum atomic E-state index is -0.234. The van der Waals surface area contributed by atoms with E-state index in [0.717, 1.165) is 22.3 Å². The molecule has 0 radical (unpaired) electrons. The van der Waals surface area contributed by atoms with Crippen molar-refractivity contribution < 1.29 is 13.9 Å². The molecule has 2 aromatic carbocycles. The Bertz CT molecular complexity index is 1100. The molecular weight excluding hydrogens is 385 g/mol. The monoisotopic (exact) mass is 399 g/mol. The molecule has 0 saturated carbocycles. The molecule has 0 unspecified atom stereocenters. The molecule has 4 aromatic rings. The van der Waals surface area contributed by atoms with Crippen LogP contribution >= 0.6 is 22.9 Å². The molecule has 4 rings (SSSR count). The number of hydrogen-bond donors (Lipinski definition) is 0. The highest BCUT2D eigenvalue weighted by Gasteiger charge is 2.12. The van der Waals surface area contributed by atoms with Gasteiger partial charge in [0.25, 0.3) is 0 Å². The molecule has 2 aromatic heterocycles. The van der Waals surface area contributed by atoms with Gasteiger partial charge in [0.2, 0.25) is 0 Å². The van der Waals surface area contributed by atoms with Crippen LogP contribution in [0.4, 0.5) is 4.39 Å². The standard InChI is InChI=1S/C21H15ClFNO2S/c1-25-14-7-5-13(6-8-14)11-26-15-9-19(24-20(22)10-15)17-12-27-21-16(17)3-2-4-18(21)23/h2-10,12H,11H2,1H3. The fourth-order valence-electron chi connectivity index (χ4n) is 2.80. The quantitative estimate of drug-likeness (QED) is 0.367. The van der Waals surface area contributed by atoms with E-state index in [-0.39, 0.29) is 5.82 Å². The first-order valence-corrected chi connectivity index (χ1v) is 9.49. The van der Waals surface area contributed by atoms with E-state index in [4.69, 9.17) is 21.1 Å². The predicted molar refractivity (Wildman–Crippen MR) is 107 cm³/mol. The minimum absolute atomic E-state index is 0.234. The van der Waals surface area contributed by atoms with E-state index < -0.39 is 0 Å². The molecule has 0 saturated heterocycles. The number of halogens is 2. The molecule has 0 atom stereocenters. The van der Waals surface area contributed by atoms with Crippen LogP contribution in [0, 0.1) is 5.82 Å². The summed E-state index contributed by atoms with van der Waals surface area (Å²) in [6.45, 7) is 0.392. The molecule has 0 aliphatic carbocycles. The summed E-state index contributed by atoms with van der Waals surface area (Å²) in [5, 5.41) is 3.03. The van der Waals surface area contributed by atoms with Gasteiger partial charge in [-0.05, 0) is 23.8 Å². The van der Waals surface area contributed by atoms with Crippen LogP contribution in [0.3, 0.4) is 0 Å². The lowest BCUT2D eigenvalue weighted by molar-refractivity contribution is 0.306. The van der Waals surface area contributed by atoms with Gasteiger partial charge in [0.05, 0.1) is 17.5 Å². The Kier molecular flexibility index (Phi) is 4.97. The molecule has 0 amide bonds. The van der Waals surface area contributed by atoms with Crippen molar-refractivity contribution >= 4 is 33.0 Å². The lowest BCUT2D eigenvalue weighted by Gasteiger charge is -2.09. The van der Waals surface area contributed by atoms with Crippen LogP contribution in [0.2, 0.25) is 5.15 Å². The van der Waals surface area contributed by atoms with E-state index in [0.29, 0.717) is 27.9 Å². The Hall–Kier alpha value is -2.63. The van der Waals surface area contributed by atoms with Crippen LogP contribution in [0.25, 0.3) is 21.3 Å².